The topological polar surface area (TPSA) is 60.7 Å². The molecule has 2 heterocycles. The molecule has 0 saturated carbocycles. The Bertz CT molecular complexity index is 935. The van der Waals surface area contributed by atoms with Crippen molar-refractivity contribution in [2.24, 2.45) is 7.05 Å². The van der Waals surface area contributed by atoms with E-state index in [0.29, 0.717) is 12.1 Å². The Morgan fingerprint density at radius 1 is 1.23 bits per heavy atom. The average molecular weight is 366 g/mol. The van der Waals surface area contributed by atoms with Gasteiger partial charge in [-0.05, 0) is 43.5 Å². The molecular formula is C20H22N4OS. The van der Waals surface area contributed by atoms with Crippen molar-refractivity contribution >= 4 is 17.5 Å². The van der Waals surface area contributed by atoms with E-state index in [9.17, 15) is 4.79 Å². The maximum Gasteiger partial charge on any atom is 0.191 e. The minimum Gasteiger partial charge on any atom is -0.312 e. The number of rotatable bonds is 6. The monoisotopic (exact) mass is 366 g/mol. The third-order valence-corrected chi connectivity index (χ3v) is 5.58. The van der Waals surface area contributed by atoms with Crippen LogP contribution < -0.4 is 0 Å². The Labute approximate surface area is 157 Å². The zero-order valence-corrected chi connectivity index (χ0v) is 16.2. The molecule has 6 heteroatoms. The van der Waals surface area contributed by atoms with E-state index in [4.69, 9.17) is 0 Å². The zero-order chi connectivity index (χ0) is 18.7. The van der Waals surface area contributed by atoms with E-state index in [0.717, 1.165) is 27.5 Å². The summed E-state index contributed by atoms with van der Waals surface area (Å²) in [6.07, 6.45) is 2.05. The minimum atomic E-state index is 0.0406. The number of hydrogen-bond donors (Lipinski definition) is 0. The van der Waals surface area contributed by atoms with Gasteiger partial charge in [-0.1, -0.05) is 42.1 Å². The van der Waals surface area contributed by atoms with Gasteiger partial charge in [0.05, 0.1) is 0 Å². The summed E-state index contributed by atoms with van der Waals surface area (Å²) in [7, 11) is 1.93. The summed E-state index contributed by atoms with van der Waals surface area (Å²) in [4.78, 5) is 17.0. The van der Waals surface area contributed by atoms with E-state index in [-0.39, 0.29) is 11.0 Å². The van der Waals surface area contributed by atoms with Gasteiger partial charge in [0.25, 0.3) is 0 Å². The molecule has 0 aliphatic rings. The number of hydrogen-bond acceptors (Lipinski definition) is 5. The molecule has 1 aromatic carbocycles. The van der Waals surface area contributed by atoms with Crippen molar-refractivity contribution in [3.05, 3.63) is 70.8 Å². The van der Waals surface area contributed by atoms with E-state index >= 15 is 0 Å². The van der Waals surface area contributed by atoms with Crippen LogP contribution in [0.25, 0.3) is 0 Å². The highest BCUT2D eigenvalue weighted by Crippen LogP contribution is 2.33. The molecule has 0 fully saturated rings. The first-order valence-corrected chi connectivity index (χ1v) is 9.39. The average Bonchev–Trinajstić information content (AvgIpc) is 3.02. The number of aromatic nitrogens is 4. The number of benzene rings is 1. The normalized spacial score (nSPS) is 12.2. The molecule has 3 aromatic rings. The predicted octanol–water partition coefficient (Wildman–Crippen LogP) is 4.11. The van der Waals surface area contributed by atoms with Gasteiger partial charge in [-0.2, -0.15) is 0 Å². The maximum absolute atomic E-state index is 12.6. The van der Waals surface area contributed by atoms with E-state index < -0.39 is 0 Å². The second-order valence-electron chi connectivity index (χ2n) is 6.43. The molecule has 1 atom stereocenters. The highest BCUT2D eigenvalue weighted by Gasteiger charge is 2.14. The maximum atomic E-state index is 12.6. The lowest BCUT2D eigenvalue weighted by Gasteiger charge is -2.12. The van der Waals surface area contributed by atoms with Gasteiger partial charge in [0.1, 0.15) is 12.0 Å². The molecule has 0 saturated heterocycles. The summed E-state index contributed by atoms with van der Waals surface area (Å²) >= 11 is 1.65. The number of thioether (sulfide) groups is 1. The second kappa shape index (κ2) is 7.83. The standard InChI is InChI=1S/C20H22N4OS/c1-13-8-9-18(22-14(13)2)19(25)11-16-6-5-7-17(10-16)15(3)26-20-23-21-12-24(20)4/h5-10,12,15H,11H2,1-4H3/t15-/m0/s1. The summed E-state index contributed by atoms with van der Waals surface area (Å²) in [5.74, 6) is 0.0406. The highest BCUT2D eigenvalue weighted by atomic mass is 32.2. The van der Waals surface area contributed by atoms with Crippen LogP contribution in [0.4, 0.5) is 0 Å². The van der Waals surface area contributed by atoms with Crippen LogP contribution >= 0.6 is 11.8 Å². The first kappa shape index (κ1) is 18.3. The first-order valence-electron chi connectivity index (χ1n) is 8.51. The van der Waals surface area contributed by atoms with Gasteiger partial charge < -0.3 is 4.57 Å². The van der Waals surface area contributed by atoms with E-state index in [1.54, 1.807) is 24.2 Å². The Morgan fingerprint density at radius 2 is 2.04 bits per heavy atom. The lowest BCUT2D eigenvalue weighted by molar-refractivity contribution is 0.0988. The third kappa shape index (κ3) is 4.19. The summed E-state index contributed by atoms with van der Waals surface area (Å²) in [6.45, 7) is 6.06. The molecular weight excluding hydrogens is 344 g/mol. The van der Waals surface area contributed by atoms with E-state index in [1.165, 1.54) is 0 Å². The van der Waals surface area contributed by atoms with Gasteiger partial charge in [0.15, 0.2) is 10.9 Å². The quantitative estimate of drug-likeness (QED) is 0.485. The molecule has 0 aliphatic heterocycles. The number of carbonyl (C=O) groups excluding carboxylic acids is 1. The molecule has 0 bridgehead atoms. The lowest BCUT2D eigenvalue weighted by atomic mass is 10.0. The van der Waals surface area contributed by atoms with Gasteiger partial charge >= 0.3 is 0 Å². The Hall–Kier alpha value is -2.47. The molecule has 0 aliphatic carbocycles. The molecule has 0 unspecified atom stereocenters. The molecule has 134 valence electrons. The van der Waals surface area contributed by atoms with Crippen LogP contribution in [-0.2, 0) is 13.5 Å². The molecule has 0 amide bonds. The summed E-state index contributed by atoms with van der Waals surface area (Å²) < 4.78 is 1.90. The number of aryl methyl sites for hydroxylation is 3. The number of ketones is 1. The summed E-state index contributed by atoms with van der Waals surface area (Å²) in [5, 5.41) is 9.12. The van der Waals surface area contributed by atoms with Gasteiger partial charge in [0.2, 0.25) is 0 Å². The van der Waals surface area contributed by atoms with Crippen LogP contribution in [0.2, 0.25) is 0 Å². The van der Waals surface area contributed by atoms with Crippen LogP contribution in [0, 0.1) is 13.8 Å². The summed E-state index contributed by atoms with van der Waals surface area (Å²) in [5.41, 5.74) is 4.69. The number of Topliss-reactive ketones (excluding diaryl/α,β-unsaturated/α-hetero) is 1. The Morgan fingerprint density at radius 3 is 2.73 bits per heavy atom. The van der Waals surface area contributed by atoms with E-state index in [2.05, 4.69) is 34.2 Å². The largest absolute Gasteiger partial charge is 0.312 e. The number of pyridine rings is 1. The number of nitrogens with zero attached hydrogens (tertiary/aromatic N) is 4. The van der Waals surface area contributed by atoms with Crippen molar-refractivity contribution < 1.29 is 4.79 Å². The Balaban J connectivity index is 1.73. The SMILES string of the molecule is Cc1ccc(C(=O)Cc2cccc([C@H](C)Sc3nncn3C)c2)nc1C. The fourth-order valence-corrected chi connectivity index (χ4v) is 3.53. The summed E-state index contributed by atoms with van der Waals surface area (Å²) in [6, 6.07) is 11.9. The van der Waals surface area contributed by atoms with Crippen LogP contribution in [0.3, 0.4) is 0 Å². The van der Waals surface area contributed by atoms with Gasteiger partial charge in [-0.15, -0.1) is 10.2 Å². The molecule has 2 aromatic heterocycles. The Kier molecular flexibility index (Phi) is 5.52. The van der Waals surface area contributed by atoms with Crippen LogP contribution in [0.1, 0.15) is 45.0 Å². The van der Waals surface area contributed by atoms with Crippen molar-refractivity contribution in [2.75, 3.05) is 0 Å². The zero-order valence-electron chi connectivity index (χ0n) is 15.4. The molecule has 0 spiro atoms. The van der Waals surface area contributed by atoms with Crippen molar-refractivity contribution in [2.45, 2.75) is 37.6 Å². The molecule has 5 nitrogen and oxygen atoms in total. The van der Waals surface area contributed by atoms with Crippen LogP contribution in [0.15, 0.2) is 47.9 Å². The van der Waals surface area contributed by atoms with Gasteiger partial charge in [-0.25, -0.2) is 4.98 Å². The molecule has 26 heavy (non-hydrogen) atoms. The minimum absolute atomic E-state index is 0.0406. The van der Waals surface area contributed by atoms with Gasteiger partial charge in [-0.3, -0.25) is 4.79 Å². The van der Waals surface area contributed by atoms with Crippen LogP contribution in [0.5, 0.6) is 0 Å². The number of carbonyl (C=O) groups is 1. The van der Waals surface area contributed by atoms with E-state index in [1.807, 2.05) is 43.7 Å². The fourth-order valence-electron chi connectivity index (χ4n) is 2.62. The smallest absolute Gasteiger partial charge is 0.191 e. The molecule has 0 N–H and O–H groups in total. The molecule has 0 radical (unpaired) electrons. The molecule has 3 rings (SSSR count). The second-order valence-corrected chi connectivity index (χ2v) is 7.74. The predicted molar refractivity (Wildman–Crippen MR) is 103 cm³/mol. The fraction of sp³-hybridized carbons (Fsp3) is 0.300. The van der Waals surface area contributed by atoms with Crippen molar-refractivity contribution in [3.63, 3.8) is 0 Å². The van der Waals surface area contributed by atoms with Crippen molar-refractivity contribution in [3.8, 4) is 0 Å². The van der Waals surface area contributed by atoms with Gasteiger partial charge in [0, 0.05) is 24.4 Å². The van der Waals surface area contributed by atoms with Crippen molar-refractivity contribution in [1.29, 1.82) is 0 Å². The third-order valence-electron chi connectivity index (χ3n) is 4.37. The van der Waals surface area contributed by atoms with Crippen LogP contribution in [-0.4, -0.2) is 25.5 Å². The first-order chi connectivity index (χ1) is 12.4. The van der Waals surface area contributed by atoms with Crippen molar-refractivity contribution in [1.82, 2.24) is 19.7 Å². The highest BCUT2D eigenvalue weighted by molar-refractivity contribution is 7.99. The lowest BCUT2D eigenvalue weighted by Crippen LogP contribution is -2.07.